The molecule has 0 aromatic heterocycles. The van der Waals surface area contributed by atoms with Crippen molar-refractivity contribution in [2.45, 2.75) is 12.2 Å². The number of carbonyl (C=O) groups is 2. The molecule has 1 aromatic rings. The minimum Gasteiger partial charge on any atom is -0.362 e. The van der Waals surface area contributed by atoms with E-state index in [9.17, 15) is 22.8 Å². The molecule has 0 radical (unpaired) electrons. The number of nitrogens with two attached hydrogens (primary N) is 1. The van der Waals surface area contributed by atoms with Gasteiger partial charge in [0.15, 0.2) is 0 Å². The number of amides is 2. The molecule has 0 saturated carbocycles. The Morgan fingerprint density at radius 2 is 1.67 bits per heavy atom. The lowest BCUT2D eigenvalue weighted by Gasteiger charge is -2.27. The molecule has 1 saturated heterocycles. The summed E-state index contributed by atoms with van der Waals surface area (Å²) >= 11 is 0. The number of imide groups is 1. The van der Waals surface area contributed by atoms with E-state index in [-0.39, 0.29) is 19.8 Å². The van der Waals surface area contributed by atoms with E-state index in [0.29, 0.717) is 5.56 Å². The topological polar surface area (TPSA) is 72.6 Å². The number of alkyl halides is 3. The van der Waals surface area contributed by atoms with Gasteiger partial charge in [0.25, 0.3) is 11.8 Å². The van der Waals surface area contributed by atoms with Gasteiger partial charge in [0.1, 0.15) is 13.2 Å². The molecule has 1 aromatic carbocycles. The largest absolute Gasteiger partial charge is 0.416 e. The highest BCUT2D eigenvalue weighted by molar-refractivity contribution is 5.98. The van der Waals surface area contributed by atoms with Gasteiger partial charge in [-0.05, 0) is 17.7 Å². The van der Waals surface area contributed by atoms with E-state index in [1.807, 2.05) is 0 Å². The Morgan fingerprint density at radius 3 is 2.14 bits per heavy atom. The molecule has 2 rings (SSSR count). The van der Waals surface area contributed by atoms with Crippen molar-refractivity contribution in [2.24, 2.45) is 5.73 Å². The SMILES string of the molecule is NC(CN1C(=O)COCC1=O)c1ccc(C(F)(F)F)cc1. The molecule has 114 valence electrons. The number of rotatable bonds is 3. The number of benzene rings is 1. The monoisotopic (exact) mass is 302 g/mol. The fourth-order valence-electron chi connectivity index (χ4n) is 1.95. The Morgan fingerprint density at radius 1 is 1.14 bits per heavy atom. The van der Waals surface area contributed by atoms with Gasteiger partial charge in [-0.1, -0.05) is 12.1 Å². The highest BCUT2D eigenvalue weighted by atomic mass is 19.4. The molecular formula is C13H13F3N2O3. The summed E-state index contributed by atoms with van der Waals surface area (Å²) in [5, 5.41) is 0. The van der Waals surface area contributed by atoms with Crippen molar-refractivity contribution in [1.82, 2.24) is 4.90 Å². The van der Waals surface area contributed by atoms with E-state index in [4.69, 9.17) is 10.5 Å². The number of hydrogen-bond donors (Lipinski definition) is 1. The fraction of sp³-hybridized carbons (Fsp3) is 0.385. The van der Waals surface area contributed by atoms with Crippen LogP contribution in [-0.4, -0.2) is 36.5 Å². The van der Waals surface area contributed by atoms with Crippen LogP contribution in [0.15, 0.2) is 24.3 Å². The van der Waals surface area contributed by atoms with E-state index in [2.05, 4.69) is 0 Å². The van der Waals surface area contributed by atoms with Gasteiger partial charge in [-0.25, -0.2) is 0 Å². The van der Waals surface area contributed by atoms with Crippen LogP contribution in [0.3, 0.4) is 0 Å². The third-order valence-electron chi connectivity index (χ3n) is 3.10. The minimum absolute atomic E-state index is 0.0909. The first-order chi connectivity index (χ1) is 9.79. The molecule has 1 atom stereocenters. The van der Waals surface area contributed by atoms with Gasteiger partial charge >= 0.3 is 6.18 Å². The van der Waals surface area contributed by atoms with Crippen LogP contribution in [0, 0.1) is 0 Å². The van der Waals surface area contributed by atoms with Gasteiger partial charge in [-0.15, -0.1) is 0 Å². The Balaban J connectivity index is 2.08. The van der Waals surface area contributed by atoms with Gasteiger partial charge in [-0.3, -0.25) is 14.5 Å². The Kier molecular flexibility index (Phi) is 4.29. The molecule has 0 aliphatic carbocycles. The maximum absolute atomic E-state index is 12.5. The van der Waals surface area contributed by atoms with Crippen molar-refractivity contribution in [3.05, 3.63) is 35.4 Å². The third-order valence-corrected chi connectivity index (χ3v) is 3.10. The summed E-state index contributed by atoms with van der Waals surface area (Å²) in [7, 11) is 0. The zero-order valence-electron chi connectivity index (χ0n) is 10.9. The second-order valence-corrected chi connectivity index (χ2v) is 4.62. The van der Waals surface area contributed by atoms with E-state index in [1.165, 1.54) is 12.1 Å². The maximum Gasteiger partial charge on any atom is 0.416 e. The highest BCUT2D eigenvalue weighted by Gasteiger charge is 2.31. The average Bonchev–Trinajstić information content (AvgIpc) is 2.42. The van der Waals surface area contributed by atoms with Crippen LogP contribution in [0.4, 0.5) is 13.2 Å². The first-order valence-corrected chi connectivity index (χ1v) is 6.12. The second-order valence-electron chi connectivity index (χ2n) is 4.62. The first-order valence-electron chi connectivity index (χ1n) is 6.12. The van der Waals surface area contributed by atoms with Gasteiger partial charge in [0, 0.05) is 12.6 Å². The van der Waals surface area contributed by atoms with Crippen molar-refractivity contribution in [1.29, 1.82) is 0 Å². The number of hydrogen-bond acceptors (Lipinski definition) is 4. The standard InChI is InChI=1S/C13H13F3N2O3/c14-13(15,16)9-3-1-8(2-4-9)10(17)5-18-11(19)6-21-7-12(18)20/h1-4,10H,5-7,17H2. The average molecular weight is 302 g/mol. The zero-order chi connectivity index (χ0) is 15.6. The summed E-state index contributed by atoms with van der Waals surface area (Å²) in [6.45, 7) is -0.497. The first kappa shape index (κ1) is 15.5. The molecule has 1 fully saturated rings. The van der Waals surface area contributed by atoms with Crippen LogP contribution in [-0.2, 0) is 20.5 Å². The molecule has 8 heteroatoms. The van der Waals surface area contributed by atoms with E-state index in [1.54, 1.807) is 0 Å². The van der Waals surface area contributed by atoms with E-state index < -0.39 is 29.6 Å². The molecular weight excluding hydrogens is 289 g/mol. The van der Waals surface area contributed by atoms with Gasteiger partial charge in [0.05, 0.1) is 5.56 Å². The Bertz CT molecular complexity index is 527. The molecule has 2 N–H and O–H groups in total. The lowest BCUT2D eigenvalue weighted by molar-refractivity contribution is -0.158. The van der Waals surface area contributed by atoms with E-state index >= 15 is 0 Å². The predicted octanol–water partition coefficient (Wildman–Crippen LogP) is 1.09. The molecule has 2 amide bonds. The summed E-state index contributed by atoms with van der Waals surface area (Å²) < 4.78 is 42.1. The molecule has 0 bridgehead atoms. The highest BCUT2D eigenvalue weighted by Crippen LogP contribution is 2.29. The van der Waals surface area contributed by atoms with Crippen molar-refractivity contribution in [3.8, 4) is 0 Å². The van der Waals surface area contributed by atoms with Crippen LogP contribution in [0.2, 0.25) is 0 Å². The Hall–Kier alpha value is -1.93. The number of carbonyl (C=O) groups excluding carboxylic acids is 2. The van der Waals surface area contributed by atoms with Crippen molar-refractivity contribution in [3.63, 3.8) is 0 Å². The maximum atomic E-state index is 12.5. The van der Waals surface area contributed by atoms with Crippen LogP contribution in [0.25, 0.3) is 0 Å². The van der Waals surface area contributed by atoms with E-state index in [0.717, 1.165) is 17.0 Å². The molecule has 1 unspecified atom stereocenters. The van der Waals surface area contributed by atoms with Crippen molar-refractivity contribution in [2.75, 3.05) is 19.8 Å². The Labute approximate surface area is 118 Å². The number of ether oxygens (including phenoxy) is 1. The number of nitrogens with zero attached hydrogens (tertiary/aromatic N) is 1. The fourth-order valence-corrected chi connectivity index (χ4v) is 1.95. The molecule has 21 heavy (non-hydrogen) atoms. The number of halogens is 3. The molecule has 0 spiro atoms. The summed E-state index contributed by atoms with van der Waals surface area (Å²) in [5.74, 6) is -1.01. The van der Waals surface area contributed by atoms with Crippen LogP contribution in [0.5, 0.6) is 0 Å². The van der Waals surface area contributed by atoms with Crippen LogP contribution >= 0.6 is 0 Å². The molecule has 1 aliphatic rings. The summed E-state index contributed by atoms with van der Waals surface area (Å²) in [4.78, 5) is 24.0. The van der Waals surface area contributed by atoms with Gasteiger partial charge < -0.3 is 10.5 Å². The lowest BCUT2D eigenvalue weighted by Crippen LogP contribution is -2.48. The van der Waals surface area contributed by atoms with Crippen molar-refractivity contribution >= 4 is 11.8 Å². The summed E-state index contributed by atoms with van der Waals surface area (Å²) in [6.07, 6.45) is -4.42. The lowest BCUT2D eigenvalue weighted by atomic mass is 10.0. The second kappa shape index (κ2) is 5.82. The molecule has 1 heterocycles. The van der Waals surface area contributed by atoms with Gasteiger partial charge in [0.2, 0.25) is 0 Å². The number of morpholine rings is 1. The molecule has 1 aliphatic heterocycles. The normalized spacial score (nSPS) is 18.0. The zero-order valence-corrected chi connectivity index (χ0v) is 10.9. The van der Waals surface area contributed by atoms with Crippen LogP contribution < -0.4 is 5.73 Å². The van der Waals surface area contributed by atoms with Crippen LogP contribution in [0.1, 0.15) is 17.2 Å². The van der Waals surface area contributed by atoms with Gasteiger partial charge in [-0.2, -0.15) is 13.2 Å². The summed E-state index contributed by atoms with van der Waals surface area (Å²) in [5.41, 5.74) is 5.47. The smallest absolute Gasteiger partial charge is 0.362 e. The molecule has 5 nitrogen and oxygen atoms in total. The third kappa shape index (κ3) is 3.59. The van der Waals surface area contributed by atoms with Crippen molar-refractivity contribution < 1.29 is 27.5 Å². The predicted molar refractivity (Wildman–Crippen MR) is 65.9 cm³/mol. The summed E-state index contributed by atoms with van der Waals surface area (Å²) in [6, 6.07) is 3.56. The quantitative estimate of drug-likeness (QED) is 0.848. The minimum atomic E-state index is -4.42.